The number of hydrogen-bond acceptors (Lipinski definition) is 6. The number of anilines is 1. The van der Waals surface area contributed by atoms with Crippen molar-refractivity contribution in [2.75, 3.05) is 31.1 Å². The van der Waals surface area contributed by atoms with Crippen LogP contribution in [-0.4, -0.2) is 39.6 Å². The van der Waals surface area contributed by atoms with E-state index in [0.29, 0.717) is 30.3 Å². The van der Waals surface area contributed by atoms with Gasteiger partial charge < -0.3 is 9.64 Å². The standard InChI is InChI=1S/C20H24N4O3S/c1-2-27-18-7-3-4-8-19(18)28(25,26)23-15-16-9-12-24(13-10-16)20-17(14-21)6-5-11-22-20/h3-8,11,16,23H,2,9-10,12-13,15H2,1H3. The summed E-state index contributed by atoms with van der Waals surface area (Å²) in [6, 6.07) is 12.4. The third-order valence-electron chi connectivity index (χ3n) is 4.82. The first-order valence-electron chi connectivity index (χ1n) is 9.36. The van der Waals surface area contributed by atoms with Crippen molar-refractivity contribution in [2.24, 2.45) is 5.92 Å². The average molecular weight is 401 g/mol. The zero-order valence-corrected chi connectivity index (χ0v) is 16.7. The fraction of sp³-hybridized carbons (Fsp3) is 0.400. The summed E-state index contributed by atoms with van der Waals surface area (Å²) in [5.41, 5.74) is 0.564. The van der Waals surface area contributed by atoms with E-state index in [1.54, 1.807) is 42.6 Å². The summed E-state index contributed by atoms with van der Waals surface area (Å²) in [4.78, 5) is 6.59. The number of nitrogens with zero attached hydrogens (tertiary/aromatic N) is 3. The van der Waals surface area contributed by atoms with E-state index in [1.165, 1.54) is 0 Å². The van der Waals surface area contributed by atoms with Crippen molar-refractivity contribution in [3.63, 3.8) is 0 Å². The van der Waals surface area contributed by atoms with Crippen molar-refractivity contribution in [2.45, 2.75) is 24.7 Å². The van der Waals surface area contributed by atoms with E-state index in [9.17, 15) is 13.7 Å². The fourth-order valence-corrected chi connectivity index (χ4v) is 4.60. The van der Waals surface area contributed by atoms with Crippen molar-refractivity contribution in [1.82, 2.24) is 9.71 Å². The zero-order chi connectivity index (χ0) is 20.0. The van der Waals surface area contributed by atoms with Crippen LogP contribution in [0.4, 0.5) is 5.82 Å². The molecule has 0 radical (unpaired) electrons. The number of aromatic nitrogens is 1. The highest BCUT2D eigenvalue weighted by Crippen LogP contribution is 2.26. The van der Waals surface area contributed by atoms with Crippen LogP contribution in [0.15, 0.2) is 47.5 Å². The van der Waals surface area contributed by atoms with E-state index in [0.717, 1.165) is 25.9 Å². The molecule has 1 aliphatic rings. The number of rotatable bonds is 7. The van der Waals surface area contributed by atoms with Crippen LogP contribution in [0.5, 0.6) is 5.75 Å². The van der Waals surface area contributed by atoms with Gasteiger partial charge in [0.2, 0.25) is 10.0 Å². The van der Waals surface area contributed by atoms with E-state index < -0.39 is 10.0 Å². The Labute approximate surface area is 166 Å². The molecule has 28 heavy (non-hydrogen) atoms. The lowest BCUT2D eigenvalue weighted by Gasteiger charge is -2.33. The molecule has 0 aliphatic carbocycles. The molecule has 3 rings (SSSR count). The molecule has 148 valence electrons. The van der Waals surface area contributed by atoms with Crippen LogP contribution in [0.2, 0.25) is 0 Å². The quantitative estimate of drug-likeness (QED) is 0.767. The maximum absolute atomic E-state index is 12.7. The summed E-state index contributed by atoms with van der Waals surface area (Å²) >= 11 is 0. The first-order chi connectivity index (χ1) is 13.5. The molecule has 2 heterocycles. The van der Waals surface area contributed by atoms with Gasteiger partial charge in [-0.15, -0.1) is 0 Å². The summed E-state index contributed by atoms with van der Waals surface area (Å²) in [6.07, 6.45) is 3.35. The predicted octanol–water partition coefficient (Wildman–Crippen LogP) is 2.55. The summed E-state index contributed by atoms with van der Waals surface area (Å²) in [5.74, 6) is 1.31. The number of nitrogens with one attached hydrogen (secondary N) is 1. The maximum Gasteiger partial charge on any atom is 0.244 e. The van der Waals surface area contributed by atoms with Gasteiger partial charge in [-0.2, -0.15) is 5.26 Å². The van der Waals surface area contributed by atoms with Gasteiger partial charge >= 0.3 is 0 Å². The molecular weight excluding hydrogens is 376 g/mol. The van der Waals surface area contributed by atoms with Crippen molar-refractivity contribution in [3.05, 3.63) is 48.2 Å². The lowest BCUT2D eigenvalue weighted by molar-refractivity contribution is 0.330. The highest BCUT2D eigenvalue weighted by molar-refractivity contribution is 7.89. The number of piperidine rings is 1. The Balaban J connectivity index is 1.59. The monoisotopic (exact) mass is 400 g/mol. The largest absolute Gasteiger partial charge is 0.492 e. The molecule has 8 heteroatoms. The summed E-state index contributed by atoms with van der Waals surface area (Å²) in [6.45, 7) is 4.10. The molecule has 0 unspecified atom stereocenters. The number of ether oxygens (including phenoxy) is 1. The highest BCUT2D eigenvalue weighted by atomic mass is 32.2. The van der Waals surface area contributed by atoms with Crippen molar-refractivity contribution in [3.8, 4) is 11.8 Å². The van der Waals surface area contributed by atoms with Crippen LogP contribution < -0.4 is 14.4 Å². The van der Waals surface area contributed by atoms with Gasteiger partial charge in [0.05, 0.1) is 12.2 Å². The Kier molecular flexibility index (Phi) is 6.49. The molecule has 1 aromatic carbocycles. The second-order valence-electron chi connectivity index (χ2n) is 6.65. The third-order valence-corrected chi connectivity index (χ3v) is 6.28. The Bertz CT molecular complexity index is 948. The van der Waals surface area contributed by atoms with Crippen LogP contribution >= 0.6 is 0 Å². The fourth-order valence-electron chi connectivity index (χ4n) is 3.34. The molecule has 0 atom stereocenters. The minimum atomic E-state index is -3.63. The zero-order valence-electron chi connectivity index (χ0n) is 15.8. The molecular formula is C20H24N4O3S. The minimum absolute atomic E-state index is 0.168. The Hall–Kier alpha value is -2.63. The van der Waals surface area contributed by atoms with E-state index in [1.807, 2.05) is 6.92 Å². The van der Waals surface area contributed by atoms with E-state index in [4.69, 9.17) is 4.74 Å². The summed E-state index contributed by atoms with van der Waals surface area (Å²) in [7, 11) is -3.63. The molecule has 1 aromatic heterocycles. The Morgan fingerprint density at radius 3 is 2.71 bits per heavy atom. The van der Waals surface area contributed by atoms with Crippen LogP contribution in [0.25, 0.3) is 0 Å². The molecule has 0 spiro atoms. The SMILES string of the molecule is CCOc1ccccc1S(=O)(=O)NCC1CCN(c2ncccc2C#N)CC1. The first-order valence-corrected chi connectivity index (χ1v) is 10.8. The molecule has 0 bridgehead atoms. The molecule has 0 amide bonds. The summed E-state index contributed by atoms with van der Waals surface area (Å²) < 4.78 is 33.6. The van der Waals surface area contributed by atoms with Gasteiger partial charge in [-0.05, 0) is 49.9 Å². The minimum Gasteiger partial charge on any atom is -0.492 e. The second kappa shape index (κ2) is 9.04. The average Bonchev–Trinajstić information content (AvgIpc) is 2.73. The molecule has 2 aromatic rings. The predicted molar refractivity (Wildman–Crippen MR) is 107 cm³/mol. The van der Waals surface area contributed by atoms with Crippen LogP contribution in [0.3, 0.4) is 0 Å². The van der Waals surface area contributed by atoms with Crippen LogP contribution in [0.1, 0.15) is 25.3 Å². The molecule has 7 nitrogen and oxygen atoms in total. The first kappa shape index (κ1) is 20.1. The normalized spacial score (nSPS) is 15.2. The lowest BCUT2D eigenvalue weighted by Crippen LogP contribution is -2.39. The second-order valence-corrected chi connectivity index (χ2v) is 8.38. The van der Waals surface area contributed by atoms with Gasteiger partial charge in [0.1, 0.15) is 22.5 Å². The number of benzene rings is 1. The smallest absolute Gasteiger partial charge is 0.244 e. The number of para-hydroxylation sites is 1. The van der Waals surface area contributed by atoms with E-state index >= 15 is 0 Å². The summed E-state index contributed by atoms with van der Waals surface area (Å²) in [5, 5.41) is 9.24. The van der Waals surface area contributed by atoms with Gasteiger partial charge in [-0.3, -0.25) is 0 Å². The van der Waals surface area contributed by atoms with Crippen LogP contribution in [-0.2, 0) is 10.0 Å². The van der Waals surface area contributed by atoms with Gasteiger partial charge in [0, 0.05) is 25.8 Å². The number of hydrogen-bond donors (Lipinski definition) is 1. The Morgan fingerprint density at radius 2 is 2.00 bits per heavy atom. The number of pyridine rings is 1. The van der Waals surface area contributed by atoms with Gasteiger partial charge in [0.25, 0.3) is 0 Å². The van der Waals surface area contributed by atoms with E-state index in [-0.39, 0.29) is 10.8 Å². The van der Waals surface area contributed by atoms with Gasteiger partial charge in [0.15, 0.2) is 0 Å². The van der Waals surface area contributed by atoms with E-state index in [2.05, 4.69) is 20.7 Å². The van der Waals surface area contributed by atoms with Crippen molar-refractivity contribution < 1.29 is 13.2 Å². The molecule has 1 saturated heterocycles. The third kappa shape index (κ3) is 4.61. The molecule has 1 fully saturated rings. The van der Waals surface area contributed by atoms with Crippen molar-refractivity contribution >= 4 is 15.8 Å². The van der Waals surface area contributed by atoms with Gasteiger partial charge in [-0.1, -0.05) is 12.1 Å². The maximum atomic E-state index is 12.7. The molecule has 0 saturated carbocycles. The highest BCUT2D eigenvalue weighted by Gasteiger charge is 2.25. The molecule has 1 N–H and O–H groups in total. The Morgan fingerprint density at radius 1 is 1.25 bits per heavy atom. The number of sulfonamides is 1. The molecule has 1 aliphatic heterocycles. The van der Waals surface area contributed by atoms with Crippen LogP contribution in [0, 0.1) is 17.2 Å². The van der Waals surface area contributed by atoms with Gasteiger partial charge in [-0.25, -0.2) is 18.1 Å². The van der Waals surface area contributed by atoms with Crippen molar-refractivity contribution in [1.29, 1.82) is 5.26 Å². The topological polar surface area (TPSA) is 95.3 Å². The number of nitriles is 1. The lowest BCUT2D eigenvalue weighted by atomic mass is 9.97.